The minimum absolute atomic E-state index is 0.0317. The van der Waals surface area contributed by atoms with Crippen molar-refractivity contribution in [3.8, 4) is 0 Å². The van der Waals surface area contributed by atoms with Crippen LogP contribution in [0.3, 0.4) is 0 Å². The van der Waals surface area contributed by atoms with Crippen LogP contribution < -0.4 is 15.5 Å². The Kier molecular flexibility index (Phi) is 6.40. The first-order valence-corrected chi connectivity index (χ1v) is 8.08. The summed E-state index contributed by atoms with van der Waals surface area (Å²) in [4.78, 5) is 26.0. The van der Waals surface area contributed by atoms with Crippen LogP contribution in [0.1, 0.15) is 31.7 Å². The van der Waals surface area contributed by atoms with Gasteiger partial charge < -0.3 is 15.5 Å². The molecule has 2 amide bonds. The topological polar surface area (TPSA) is 61.4 Å². The summed E-state index contributed by atoms with van der Waals surface area (Å²) in [6, 6.07) is 7.85. The Hall–Kier alpha value is -1.88. The van der Waals surface area contributed by atoms with E-state index in [1.54, 1.807) is 4.90 Å². The van der Waals surface area contributed by atoms with Gasteiger partial charge in [0.1, 0.15) is 6.54 Å². The number of hydrogen-bond acceptors (Lipinski definition) is 3. The van der Waals surface area contributed by atoms with E-state index in [-0.39, 0.29) is 18.4 Å². The molecule has 1 aliphatic heterocycles. The number of benzene rings is 1. The fourth-order valence-corrected chi connectivity index (χ4v) is 2.65. The Morgan fingerprint density at radius 3 is 2.82 bits per heavy atom. The molecule has 0 saturated heterocycles. The van der Waals surface area contributed by atoms with Crippen molar-refractivity contribution in [1.82, 2.24) is 10.6 Å². The number of aryl methyl sites for hydroxylation is 1. The SMILES string of the molecule is CCCNCCNC(=O)CN1C(=O)CCCc2ccccc21. The lowest BCUT2D eigenvalue weighted by Crippen LogP contribution is -2.42. The van der Waals surface area contributed by atoms with Gasteiger partial charge in [-0.1, -0.05) is 25.1 Å². The van der Waals surface area contributed by atoms with Crippen molar-refractivity contribution < 1.29 is 9.59 Å². The van der Waals surface area contributed by atoms with E-state index in [9.17, 15) is 9.59 Å². The summed E-state index contributed by atoms with van der Waals surface area (Å²) in [6.07, 6.45) is 3.31. The Balaban J connectivity index is 1.92. The second kappa shape index (κ2) is 8.54. The molecule has 2 rings (SSSR count). The summed E-state index contributed by atoms with van der Waals surface area (Å²) in [7, 11) is 0. The van der Waals surface area contributed by atoms with Crippen LogP contribution in [-0.2, 0) is 16.0 Å². The van der Waals surface area contributed by atoms with Crippen LogP contribution in [0, 0.1) is 0 Å². The zero-order chi connectivity index (χ0) is 15.8. The lowest BCUT2D eigenvalue weighted by atomic mass is 10.1. The minimum atomic E-state index is -0.108. The van der Waals surface area contributed by atoms with Crippen LogP contribution in [0.15, 0.2) is 24.3 Å². The normalized spacial score (nSPS) is 14.4. The average molecular weight is 303 g/mol. The van der Waals surface area contributed by atoms with Crippen molar-refractivity contribution in [1.29, 1.82) is 0 Å². The summed E-state index contributed by atoms with van der Waals surface area (Å²) in [6.45, 7) is 4.50. The molecule has 2 N–H and O–H groups in total. The van der Waals surface area contributed by atoms with E-state index >= 15 is 0 Å². The highest BCUT2D eigenvalue weighted by molar-refractivity contribution is 5.99. The van der Waals surface area contributed by atoms with Crippen molar-refractivity contribution in [2.24, 2.45) is 0 Å². The molecule has 0 unspecified atom stereocenters. The molecule has 0 aromatic heterocycles. The Morgan fingerprint density at radius 2 is 2.00 bits per heavy atom. The van der Waals surface area contributed by atoms with Gasteiger partial charge in [0.15, 0.2) is 0 Å². The molecule has 1 aromatic rings. The fraction of sp³-hybridized carbons (Fsp3) is 0.529. The molecule has 0 spiro atoms. The van der Waals surface area contributed by atoms with Crippen LogP contribution in [0.5, 0.6) is 0 Å². The molecule has 22 heavy (non-hydrogen) atoms. The van der Waals surface area contributed by atoms with Gasteiger partial charge in [-0.05, 0) is 37.4 Å². The molecule has 1 heterocycles. The summed E-state index contributed by atoms with van der Waals surface area (Å²) in [5.41, 5.74) is 2.02. The Labute approximate surface area is 132 Å². The molecule has 1 aromatic carbocycles. The lowest BCUT2D eigenvalue weighted by Gasteiger charge is -2.22. The van der Waals surface area contributed by atoms with Gasteiger partial charge in [0.05, 0.1) is 0 Å². The number of para-hydroxylation sites is 1. The van der Waals surface area contributed by atoms with Gasteiger partial charge in [-0.25, -0.2) is 0 Å². The predicted octanol–water partition coefficient (Wildman–Crippen LogP) is 1.47. The second-order valence-electron chi connectivity index (χ2n) is 5.56. The summed E-state index contributed by atoms with van der Waals surface area (Å²) in [5, 5.41) is 6.10. The highest BCUT2D eigenvalue weighted by Crippen LogP contribution is 2.26. The molecular weight excluding hydrogens is 278 g/mol. The van der Waals surface area contributed by atoms with Crippen LogP contribution in [0.4, 0.5) is 5.69 Å². The highest BCUT2D eigenvalue weighted by atomic mass is 16.2. The Morgan fingerprint density at radius 1 is 1.18 bits per heavy atom. The largest absolute Gasteiger partial charge is 0.353 e. The molecule has 0 atom stereocenters. The summed E-state index contributed by atoms with van der Waals surface area (Å²) >= 11 is 0. The number of rotatable bonds is 7. The number of nitrogens with one attached hydrogen (secondary N) is 2. The molecule has 0 radical (unpaired) electrons. The molecule has 1 aliphatic rings. The first-order valence-electron chi connectivity index (χ1n) is 8.08. The van der Waals surface area contributed by atoms with E-state index in [1.807, 2.05) is 24.3 Å². The van der Waals surface area contributed by atoms with Gasteiger partial charge in [-0.3, -0.25) is 9.59 Å². The second-order valence-corrected chi connectivity index (χ2v) is 5.56. The maximum Gasteiger partial charge on any atom is 0.240 e. The third-order valence-corrected chi connectivity index (χ3v) is 3.77. The van der Waals surface area contributed by atoms with Gasteiger partial charge in [0.25, 0.3) is 0 Å². The number of carbonyl (C=O) groups is 2. The van der Waals surface area contributed by atoms with E-state index < -0.39 is 0 Å². The number of hydrogen-bond donors (Lipinski definition) is 2. The van der Waals surface area contributed by atoms with Gasteiger partial charge in [-0.2, -0.15) is 0 Å². The molecule has 5 heteroatoms. The zero-order valence-electron chi connectivity index (χ0n) is 13.2. The molecule has 0 saturated carbocycles. The maximum atomic E-state index is 12.3. The van der Waals surface area contributed by atoms with E-state index in [2.05, 4.69) is 17.6 Å². The molecule has 0 aliphatic carbocycles. The average Bonchev–Trinajstić information content (AvgIpc) is 2.67. The van der Waals surface area contributed by atoms with Crippen LogP contribution in [0.25, 0.3) is 0 Å². The van der Waals surface area contributed by atoms with E-state index in [0.29, 0.717) is 13.0 Å². The number of nitrogens with zero attached hydrogens (tertiary/aromatic N) is 1. The fourth-order valence-electron chi connectivity index (χ4n) is 2.65. The standard InChI is InChI=1S/C17H25N3O2/c1-2-10-18-11-12-19-16(21)13-20-15-8-4-3-6-14(15)7-5-9-17(20)22/h3-4,6,8,18H,2,5,7,9-13H2,1H3,(H,19,21). The van der Waals surface area contributed by atoms with Gasteiger partial charge in [-0.15, -0.1) is 0 Å². The van der Waals surface area contributed by atoms with E-state index in [0.717, 1.165) is 43.6 Å². The molecule has 5 nitrogen and oxygen atoms in total. The lowest BCUT2D eigenvalue weighted by molar-refractivity contribution is -0.123. The monoisotopic (exact) mass is 303 g/mol. The third-order valence-electron chi connectivity index (χ3n) is 3.77. The van der Waals surface area contributed by atoms with Gasteiger partial charge in [0, 0.05) is 25.2 Å². The number of amides is 2. The van der Waals surface area contributed by atoms with Gasteiger partial charge >= 0.3 is 0 Å². The minimum Gasteiger partial charge on any atom is -0.353 e. The van der Waals surface area contributed by atoms with Crippen molar-refractivity contribution >= 4 is 17.5 Å². The van der Waals surface area contributed by atoms with Crippen molar-refractivity contribution in [3.63, 3.8) is 0 Å². The first kappa shape index (κ1) is 16.5. The van der Waals surface area contributed by atoms with Crippen molar-refractivity contribution in [2.75, 3.05) is 31.1 Å². The third kappa shape index (κ3) is 4.56. The summed E-state index contributed by atoms with van der Waals surface area (Å²) in [5.74, 6) is -0.0763. The smallest absolute Gasteiger partial charge is 0.240 e. The maximum absolute atomic E-state index is 12.3. The van der Waals surface area contributed by atoms with Gasteiger partial charge in [0.2, 0.25) is 11.8 Å². The van der Waals surface area contributed by atoms with Crippen LogP contribution in [-0.4, -0.2) is 38.0 Å². The first-order chi connectivity index (χ1) is 10.7. The summed E-state index contributed by atoms with van der Waals surface area (Å²) < 4.78 is 0. The number of anilines is 1. The van der Waals surface area contributed by atoms with Crippen molar-refractivity contribution in [2.45, 2.75) is 32.6 Å². The number of fused-ring (bicyclic) bond motifs is 1. The van der Waals surface area contributed by atoms with Crippen LogP contribution >= 0.6 is 0 Å². The molecular formula is C17H25N3O2. The van der Waals surface area contributed by atoms with E-state index in [4.69, 9.17) is 0 Å². The van der Waals surface area contributed by atoms with E-state index in [1.165, 1.54) is 0 Å². The Bertz CT molecular complexity index is 516. The quantitative estimate of drug-likeness (QED) is 0.750. The highest BCUT2D eigenvalue weighted by Gasteiger charge is 2.23. The van der Waals surface area contributed by atoms with Crippen LogP contribution in [0.2, 0.25) is 0 Å². The zero-order valence-corrected chi connectivity index (χ0v) is 13.2. The molecule has 0 bridgehead atoms. The number of carbonyl (C=O) groups excluding carboxylic acids is 2. The predicted molar refractivity (Wildman–Crippen MR) is 87.9 cm³/mol. The molecule has 0 fully saturated rings. The van der Waals surface area contributed by atoms with Crippen molar-refractivity contribution in [3.05, 3.63) is 29.8 Å². The molecule has 120 valence electrons.